The molecule has 29 heavy (non-hydrogen) atoms. The lowest BCUT2D eigenvalue weighted by Gasteiger charge is -2.34. The number of esters is 1. The number of carbonyl (C=O) groups excluding carboxylic acids is 1. The fraction of sp³-hybridized carbons (Fsp3) is 0.381. The molecular formula is C21H25NO6S. The molecule has 0 aliphatic carbocycles. The van der Waals surface area contributed by atoms with Crippen LogP contribution in [0.5, 0.6) is 11.5 Å². The molecule has 1 saturated heterocycles. The predicted octanol–water partition coefficient (Wildman–Crippen LogP) is 3.02. The van der Waals surface area contributed by atoms with E-state index in [0.29, 0.717) is 24.6 Å². The summed E-state index contributed by atoms with van der Waals surface area (Å²) < 4.78 is 43.5. The van der Waals surface area contributed by atoms with Crippen LogP contribution in [0, 0.1) is 6.92 Å². The zero-order valence-electron chi connectivity index (χ0n) is 16.9. The van der Waals surface area contributed by atoms with Gasteiger partial charge in [0, 0.05) is 13.1 Å². The molecule has 0 N–H and O–H groups in total. The first-order valence-electron chi connectivity index (χ1n) is 9.33. The number of ether oxygens (including phenoxy) is 3. The van der Waals surface area contributed by atoms with Crippen LogP contribution in [0.15, 0.2) is 47.4 Å². The fourth-order valence-corrected chi connectivity index (χ4v) is 4.85. The van der Waals surface area contributed by atoms with Crippen LogP contribution in [0.1, 0.15) is 29.8 Å². The largest absolute Gasteiger partial charge is 0.493 e. The summed E-state index contributed by atoms with van der Waals surface area (Å²) in [6, 6.07) is 11.0. The van der Waals surface area contributed by atoms with Crippen molar-refractivity contribution in [2.24, 2.45) is 0 Å². The number of methoxy groups -OCH3 is 1. The lowest BCUT2D eigenvalue weighted by molar-refractivity contribution is -0.0440. The maximum atomic E-state index is 12.9. The van der Waals surface area contributed by atoms with Crippen molar-refractivity contribution in [2.75, 3.05) is 20.2 Å². The Balaban J connectivity index is 1.77. The van der Waals surface area contributed by atoms with E-state index in [1.165, 1.54) is 35.7 Å². The van der Waals surface area contributed by atoms with E-state index in [1.807, 2.05) is 26.8 Å². The van der Waals surface area contributed by atoms with Gasteiger partial charge in [-0.2, -0.15) is 4.31 Å². The lowest BCUT2D eigenvalue weighted by Crippen LogP contribution is -2.48. The van der Waals surface area contributed by atoms with Crippen LogP contribution in [0.4, 0.5) is 0 Å². The second-order valence-corrected chi connectivity index (χ2v) is 9.09. The highest BCUT2D eigenvalue weighted by molar-refractivity contribution is 7.89. The molecule has 0 amide bonds. The van der Waals surface area contributed by atoms with Gasteiger partial charge in [0.1, 0.15) is 0 Å². The normalized spacial score (nSPS) is 20.3. The van der Waals surface area contributed by atoms with Gasteiger partial charge in [-0.3, -0.25) is 0 Å². The SMILES string of the molecule is COc1cc(C)ccc1OC(=O)c1ccc(S(=O)(=O)N2C[C@H](C)O[C@@H](C)C2)cc1. The van der Waals surface area contributed by atoms with E-state index in [2.05, 4.69) is 0 Å². The Kier molecular flexibility index (Phi) is 6.26. The maximum Gasteiger partial charge on any atom is 0.343 e. The Labute approximate surface area is 171 Å². The Hall–Kier alpha value is -2.42. The van der Waals surface area contributed by atoms with E-state index in [9.17, 15) is 13.2 Å². The summed E-state index contributed by atoms with van der Waals surface area (Å²) >= 11 is 0. The highest BCUT2D eigenvalue weighted by Crippen LogP contribution is 2.29. The van der Waals surface area contributed by atoms with Crippen LogP contribution >= 0.6 is 0 Å². The zero-order valence-corrected chi connectivity index (χ0v) is 17.7. The summed E-state index contributed by atoms with van der Waals surface area (Å²) in [6.45, 7) is 6.18. The second-order valence-electron chi connectivity index (χ2n) is 7.15. The fourth-order valence-electron chi connectivity index (χ4n) is 3.26. The third kappa shape index (κ3) is 4.77. The van der Waals surface area contributed by atoms with E-state index in [4.69, 9.17) is 14.2 Å². The monoisotopic (exact) mass is 419 g/mol. The van der Waals surface area contributed by atoms with Crippen molar-refractivity contribution in [1.82, 2.24) is 4.31 Å². The first kappa shape index (κ1) is 21.3. The zero-order chi connectivity index (χ0) is 21.2. The Morgan fingerprint density at radius 1 is 1.03 bits per heavy atom. The van der Waals surface area contributed by atoms with E-state index in [1.54, 1.807) is 12.1 Å². The third-order valence-corrected chi connectivity index (χ3v) is 6.48. The van der Waals surface area contributed by atoms with Gasteiger partial charge < -0.3 is 14.2 Å². The van der Waals surface area contributed by atoms with E-state index in [0.717, 1.165) is 5.56 Å². The second kappa shape index (κ2) is 8.52. The predicted molar refractivity (Wildman–Crippen MR) is 108 cm³/mol. The lowest BCUT2D eigenvalue weighted by atomic mass is 10.2. The van der Waals surface area contributed by atoms with Crippen LogP contribution < -0.4 is 9.47 Å². The van der Waals surface area contributed by atoms with Crippen LogP contribution in [-0.4, -0.2) is 51.1 Å². The average Bonchev–Trinajstić information content (AvgIpc) is 2.68. The highest BCUT2D eigenvalue weighted by Gasteiger charge is 2.32. The Morgan fingerprint density at radius 3 is 2.24 bits per heavy atom. The molecule has 2 atom stereocenters. The van der Waals surface area contributed by atoms with Crippen molar-refractivity contribution in [1.29, 1.82) is 0 Å². The molecule has 2 aromatic carbocycles. The number of morpholine rings is 1. The molecule has 0 saturated carbocycles. The molecule has 1 aliphatic heterocycles. The molecule has 0 unspecified atom stereocenters. The average molecular weight is 419 g/mol. The Morgan fingerprint density at radius 2 is 1.66 bits per heavy atom. The number of nitrogens with zero attached hydrogens (tertiary/aromatic N) is 1. The molecule has 156 valence electrons. The minimum Gasteiger partial charge on any atom is -0.493 e. The van der Waals surface area contributed by atoms with Crippen LogP contribution in [0.3, 0.4) is 0 Å². The molecule has 8 heteroatoms. The number of hydrogen-bond acceptors (Lipinski definition) is 6. The highest BCUT2D eigenvalue weighted by atomic mass is 32.2. The summed E-state index contributed by atoms with van der Waals surface area (Å²) in [5.41, 5.74) is 1.22. The van der Waals surface area contributed by atoms with Crippen molar-refractivity contribution >= 4 is 16.0 Å². The van der Waals surface area contributed by atoms with Crippen molar-refractivity contribution in [3.63, 3.8) is 0 Å². The van der Waals surface area contributed by atoms with E-state index >= 15 is 0 Å². The number of benzene rings is 2. The topological polar surface area (TPSA) is 82.1 Å². The van der Waals surface area contributed by atoms with Gasteiger partial charge in [0.15, 0.2) is 11.5 Å². The van der Waals surface area contributed by atoms with Crippen molar-refractivity contribution < 1.29 is 27.4 Å². The summed E-state index contributed by atoms with van der Waals surface area (Å²) in [5, 5.41) is 0. The number of rotatable bonds is 5. The molecule has 2 aromatic rings. The summed E-state index contributed by atoms with van der Waals surface area (Å²) in [4.78, 5) is 12.6. The molecule has 0 aromatic heterocycles. The van der Waals surface area contributed by atoms with Gasteiger partial charge in [0.25, 0.3) is 0 Å². The van der Waals surface area contributed by atoms with Gasteiger partial charge in [-0.1, -0.05) is 6.07 Å². The summed E-state index contributed by atoms with van der Waals surface area (Å²) in [7, 11) is -2.16. The molecule has 1 fully saturated rings. The Bertz CT molecular complexity index is 977. The smallest absolute Gasteiger partial charge is 0.343 e. The minimum atomic E-state index is -3.66. The maximum absolute atomic E-state index is 12.9. The summed E-state index contributed by atoms with van der Waals surface area (Å²) in [5.74, 6) is 0.161. The molecule has 1 heterocycles. The van der Waals surface area contributed by atoms with Crippen LogP contribution in [0.25, 0.3) is 0 Å². The molecular weight excluding hydrogens is 394 g/mol. The number of sulfonamides is 1. The van der Waals surface area contributed by atoms with Gasteiger partial charge in [0.05, 0.1) is 29.8 Å². The van der Waals surface area contributed by atoms with Crippen molar-refractivity contribution in [2.45, 2.75) is 37.9 Å². The van der Waals surface area contributed by atoms with Crippen molar-refractivity contribution in [3.05, 3.63) is 53.6 Å². The van der Waals surface area contributed by atoms with Gasteiger partial charge in [-0.25, -0.2) is 13.2 Å². The number of hydrogen-bond donors (Lipinski definition) is 0. The van der Waals surface area contributed by atoms with Crippen molar-refractivity contribution in [3.8, 4) is 11.5 Å². The van der Waals surface area contributed by atoms with Crippen LogP contribution in [0.2, 0.25) is 0 Å². The van der Waals surface area contributed by atoms with Gasteiger partial charge in [-0.05, 0) is 62.7 Å². The molecule has 1 aliphatic rings. The minimum absolute atomic E-state index is 0.128. The van der Waals surface area contributed by atoms with Crippen LogP contribution in [-0.2, 0) is 14.8 Å². The summed E-state index contributed by atoms with van der Waals surface area (Å²) in [6.07, 6.45) is -0.348. The standard InChI is InChI=1S/C21H25NO6S/c1-14-5-10-19(20(11-14)26-4)28-21(23)17-6-8-18(9-7-17)29(24,25)22-12-15(2)27-16(3)13-22/h5-11,15-16H,12-13H2,1-4H3/t15-,16-/m0/s1. The van der Waals surface area contributed by atoms with Gasteiger partial charge in [0.2, 0.25) is 10.0 Å². The first-order chi connectivity index (χ1) is 13.7. The quantitative estimate of drug-likeness (QED) is 0.547. The van der Waals surface area contributed by atoms with E-state index in [-0.39, 0.29) is 22.7 Å². The molecule has 0 bridgehead atoms. The van der Waals surface area contributed by atoms with E-state index < -0.39 is 16.0 Å². The van der Waals surface area contributed by atoms with Gasteiger partial charge >= 0.3 is 5.97 Å². The molecule has 0 spiro atoms. The van der Waals surface area contributed by atoms with Gasteiger partial charge in [-0.15, -0.1) is 0 Å². The molecule has 0 radical (unpaired) electrons. The first-order valence-corrected chi connectivity index (χ1v) is 10.8. The molecule has 7 nitrogen and oxygen atoms in total. The molecule has 3 rings (SSSR count). The third-order valence-electron chi connectivity index (χ3n) is 4.64. The number of aryl methyl sites for hydroxylation is 1. The number of carbonyl (C=O) groups is 1.